The Hall–Kier alpha value is -2.35. The summed E-state index contributed by atoms with van der Waals surface area (Å²) in [4.78, 5) is 21.3. The molecule has 27 heavy (non-hydrogen) atoms. The molecular weight excluding hydrogens is 391 g/mol. The number of morpholine rings is 1. The predicted octanol–water partition coefficient (Wildman–Crippen LogP) is 3.95. The average molecular weight is 407 g/mol. The van der Waals surface area contributed by atoms with E-state index < -0.39 is 11.6 Å². The molecule has 3 heterocycles. The second-order valence-electron chi connectivity index (χ2n) is 6.51. The van der Waals surface area contributed by atoms with Crippen molar-refractivity contribution in [3.05, 3.63) is 52.5 Å². The standard InChI is InChI=1S/C18H16Cl2N4O3/c1-18(9-27-7-6-23(18)17(25)26)11-2-4-12(5-3-11)24-14(19)8-13-15(20)21-10-22-16(13)24/h2-5,8,10H,6-7,9H2,1H3,(H,25,26). The third kappa shape index (κ3) is 2.92. The van der Waals surface area contributed by atoms with Crippen LogP contribution in [-0.2, 0) is 10.3 Å². The second kappa shape index (κ2) is 6.67. The summed E-state index contributed by atoms with van der Waals surface area (Å²) >= 11 is 12.5. The number of aromatic nitrogens is 3. The Morgan fingerprint density at radius 1 is 1.26 bits per heavy atom. The fraction of sp³-hybridized carbons (Fsp3) is 0.278. The van der Waals surface area contributed by atoms with E-state index in [1.807, 2.05) is 31.2 Å². The van der Waals surface area contributed by atoms with Crippen LogP contribution in [0.15, 0.2) is 36.7 Å². The van der Waals surface area contributed by atoms with E-state index in [-0.39, 0.29) is 0 Å². The van der Waals surface area contributed by atoms with Crippen molar-refractivity contribution in [2.75, 3.05) is 19.8 Å². The minimum atomic E-state index is -0.962. The topological polar surface area (TPSA) is 80.5 Å². The van der Waals surface area contributed by atoms with Gasteiger partial charge in [0.1, 0.15) is 16.6 Å². The summed E-state index contributed by atoms with van der Waals surface area (Å²) in [6.07, 6.45) is 0.424. The number of hydrogen-bond acceptors (Lipinski definition) is 4. The first-order valence-corrected chi connectivity index (χ1v) is 9.04. The third-order valence-corrected chi connectivity index (χ3v) is 5.50. The van der Waals surface area contributed by atoms with E-state index in [9.17, 15) is 9.90 Å². The van der Waals surface area contributed by atoms with Crippen molar-refractivity contribution in [2.24, 2.45) is 0 Å². The van der Waals surface area contributed by atoms with E-state index in [1.54, 1.807) is 10.6 Å². The van der Waals surface area contributed by atoms with Crippen LogP contribution in [0.2, 0.25) is 10.3 Å². The number of ether oxygens (including phenoxy) is 1. The largest absolute Gasteiger partial charge is 0.465 e. The number of halogens is 2. The van der Waals surface area contributed by atoms with Crippen molar-refractivity contribution in [3.63, 3.8) is 0 Å². The minimum absolute atomic E-state index is 0.300. The molecule has 1 saturated heterocycles. The number of rotatable bonds is 2. The second-order valence-corrected chi connectivity index (χ2v) is 7.26. The van der Waals surface area contributed by atoms with Gasteiger partial charge in [0.2, 0.25) is 0 Å². The molecule has 0 radical (unpaired) electrons. The fourth-order valence-electron chi connectivity index (χ4n) is 3.47. The first-order chi connectivity index (χ1) is 12.9. The average Bonchev–Trinajstić information content (AvgIpc) is 2.99. The molecule has 1 aromatic carbocycles. The van der Waals surface area contributed by atoms with E-state index >= 15 is 0 Å². The Morgan fingerprint density at radius 3 is 2.70 bits per heavy atom. The third-order valence-electron chi connectivity index (χ3n) is 4.92. The highest BCUT2D eigenvalue weighted by Crippen LogP contribution is 2.34. The van der Waals surface area contributed by atoms with Crippen LogP contribution in [0.3, 0.4) is 0 Å². The van der Waals surface area contributed by atoms with Gasteiger partial charge >= 0.3 is 6.09 Å². The highest BCUT2D eigenvalue weighted by atomic mass is 35.5. The quantitative estimate of drug-likeness (QED) is 0.651. The van der Waals surface area contributed by atoms with Crippen LogP contribution in [0.4, 0.5) is 4.79 Å². The monoisotopic (exact) mass is 406 g/mol. The summed E-state index contributed by atoms with van der Waals surface area (Å²) in [6.45, 7) is 2.89. The lowest BCUT2D eigenvalue weighted by molar-refractivity contribution is -0.0505. The van der Waals surface area contributed by atoms with E-state index in [4.69, 9.17) is 27.9 Å². The molecule has 1 unspecified atom stereocenters. The summed E-state index contributed by atoms with van der Waals surface area (Å²) in [5.74, 6) is 0. The lowest BCUT2D eigenvalue weighted by atomic mass is 9.90. The molecule has 2 aromatic heterocycles. The lowest BCUT2D eigenvalue weighted by Gasteiger charge is -2.43. The molecule has 0 bridgehead atoms. The molecule has 1 aliphatic heterocycles. The zero-order valence-electron chi connectivity index (χ0n) is 14.4. The van der Waals surface area contributed by atoms with Crippen molar-refractivity contribution >= 4 is 40.3 Å². The van der Waals surface area contributed by atoms with Crippen LogP contribution in [-0.4, -0.2) is 50.4 Å². The summed E-state index contributed by atoms with van der Waals surface area (Å²) in [5, 5.41) is 11.0. The van der Waals surface area contributed by atoms with Crippen molar-refractivity contribution in [1.82, 2.24) is 19.4 Å². The fourth-order valence-corrected chi connectivity index (χ4v) is 3.93. The molecule has 1 fully saturated rings. The molecule has 140 valence electrons. The van der Waals surface area contributed by atoms with Crippen LogP contribution in [0.1, 0.15) is 12.5 Å². The van der Waals surface area contributed by atoms with E-state index in [1.165, 1.54) is 11.2 Å². The first-order valence-electron chi connectivity index (χ1n) is 8.28. The highest BCUT2D eigenvalue weighted by Gasteiger charge is 2.40. The molecule has 1 atom stereocenters. The number of carbonyl (C=O) groups is 1. The Labute approximate surface area is 165 Å². The first kappa shape index (κ1) is 18.0. The van der Waals surface area contributed by atoms with Gasteiger partial charge in [-0.05, 0) is 30.7 Å². The SMILES string of the molecule is CC1(c2ccc(-n3c(Cl)cc4c(Cl)ncnc43)cc2)COCCN1C(=O)O. The molecule has 9 heteroatoms. The molecular formula is C18H16Cl2N4O3. The zero-order chi connectivity index (χ0) is 19.2. The summed E-state index contributed by atoms with van der Waals surface area (Å²) in [6, 6.07) is 9.22. The number of nitrogens with zero attached hydrogens (tertiary/aromatic N) is 4. The number of fused-ring (bicyclic) bond motifs is 1. The van der Waals surface area contributed by atoms with Crippen molar-refractivity contribution < 1.29 is 14.6 Å². The van der Waals surface area contributed by atoms with Crippen LogP contribution >= 0.6 is 23.2 Å². The molecule has 0 saturated carbocycles. The Bertz CT molecular complexity index is 1020. The van der Waals surface area contributed by atoms with Gasteiger partial charge in [-0.2, -0.15) is 0 Å². The van der Waals surface area contributed by atoms with Gasteiger partial charge in [0.05, 0.1) is 24.1 Å². The van der Waals surface area contributed by atoms with E-state index in [2.05, 4.69) is 9.97 Å². The van der Waals surface area contributed by atoms with Crippen LogP contribution < -0.4 is 0 Å². The van der Waals surface area contributed by atoms with Gasteiger partial charge in [-0.3, -0.25) is 9.47 Å². The normalized spacial score (nSPS) is 20.2. The van der Waals surface area contributed by atoms with Crippen molar-refractivity contribution in [3.8, 4) is 5.69 Å². The number of carboxylic acid groups (broad SMARTS) is 1. The molecule has 0 aliphatic carbocycles. The Kier molecular flexibility index (Phi) is 4.46. The zero-order valence-corrected chi connectivity index (χ0v) is 15.9. The van der Waals surface area contributed by atoms with Crippen molar-refractivity contribution in [1.29, 1.82) is 0 Å². The lowest BCUT2D eigenvalue weighted by Crippen LogP contribution is -2.54. The maximum absolute atomic E-state index is 11.6. The van der Waals surface area contributed by atoms with E-state index in [0.717, 1.165) is 11.3 Å². The molecule has 7 nitrogen and oxygen atoms in total. The van der Waals surface area contributed by atoms with Gasteiger partial charge in [0, 0.05) is 12.2 Å². The van der Waals surface area contributed by atoms with Crippen LogP contribution in [0.25, 0.3) is 16.7 Å². The van der Waals surface area contributed by atoms with Gasteiger partial charge in [0.25, 0.3) is 0 Å². The smallest absolute Gasteiger partial charge is 0.408 e. The Morgan fingerprint density at radius 2 is 2.00 bits per heavy atom. The number of hydrogen-bond donors (Lipinski definition) is 1. The maximum atomic E-state index is 11.6. The van der Waals surface area contributed by atoms with Gasteiger partial charge < -0.3 is 9.84 Å². The Balaban J connectivity index is 1.76. The van der Waals surface area contributed by atoms with Crippen LogP contribution in [0.5, 0.6) is 0 Å². The molecule has 1 amide bonds. The van der Waals surface area contributed by atoms with Gasteiger partial charge in [-0.15, -0.1) is 0 Å². The van der Waals surface area contributed by atoms with Crippen molar-refractivity contribution in [2.45, 2.75) is 12.5 Å². The van der Waals surface area contributed by atoms with Gasteiger partial charge in [-0.1, -0.05) is 35.3 Å². The molecule has 1 aliphatic rings. The minimum Gasteiger partial charge on any atom is -0.465 e. The molecule has 0 spiro atoms. The number of benzene rings is 1. The maximum Gasteiger partial charge on any atom is 0.408 e. The van der Waals surface area contributed by atoms with Gasteiger partial charge in [0.15, 0.2) is 5.65 Å². The number of amides is 1. The predicted molar refractivity (Wildman–Crippen MR) is 102 cm³/mol. The van der Waals surface area contributed by atoms with Crippen LogP contribution in [0, 0.1) is 0 Å². The summed E-state index contributed by atoms with van der Waals surface area (Å²) in [7, 11) is 0. The van der Waals surface area contributed by atoms with E-state index in [0.29, 0.717) is 41.1 Å². The molecule has 4 rings (SSSR count). The summed E-state index contributed by atoms with van der Waals surface area (Å²) < 4.78 is 7.32. The van der Waals surface area contributed by atoms with Gasteiger partial charge in [-0.25, -0.2) is 14.8 Å². The molecule has 3 aromatic rings. The summed E-state index contributed by atoms with van der Waals surface area (Å²) in [5.41, 5.74) is 1.48. The molecule has 1 N–H and O–H groups in total. The highest BCUT2D eigenvalue weighted by molar-refractivity contribution is 6.36.